The van der Waals surface area contributed by atoms with Crippen LogP contribution < -0.4 is 21.3 Å². The molecule has 18 heavy (non-hydrogen) atoms. The molecule has 1 atom stereocenters. The molecule has 0 fully saturated rings. The van der Waals surface area contributed by atoms with E-state index in [0.29, 0.717) is 12.5 Å². The molecule has 0 saturated heterocycles. The zero-order valence-corrected chi connectivity index (χ0v) is 10.6. The Morgan fingerprint density at radius 2 is 2.33 bits per heavy atom. The highest BCUT2D eigenvalue weighted by Crippen LogP contribution is 2.27. The van der Waals surface area contributed by atoms with E-state index in [9.17, 15) is 0 Å². The predicted octanol–water partition coefficient (Wildman–Crippen LogP) is 0.809. The Morgan fingerprint density at radius 1 is 1.50 bits per heavy atom. The van der Waals surface area contributed by atoms with Crippen LogP contribution in [0.5, 0.6) is 5.75 Å². The largest absolute Gasteiger partial charge is 0.488 e. The average Bonchev–Trinajstić information content (AvgIpc) is 2.81. The summed E-state index contributed by atoms with van der Waals surface area (Å²) in [6, 6.07) is 8.11. The van der Waals surface area contributed by atoms with Gasteiger partial charge >= 0.3 is 0 Å². The summed E-state index contributed by atoms with van der Waals surface area (Å²) in [6.07, 6.45) is 2.05. The Morgan fingerprint density at radius 3 is 3.06 bits per heavy atom. The van der Waals surface area contributed by atoms with Crippen LogP contribution in [0.1, 0.15) is 18.9 Å². The Hall–Kier alpha value is -1.75. The van der Waals surface area contributed by atoms with Crippen molar-refractivity contribution in [3.05, 3.63) is 29.8 Å². The van der Waals surface area contributed by atoms with Crippen LogP contribution in [-0.2, 0) is 6.42 Å². The van der Waals surface area contributed by atoms with E-state index in [2.05, 4.69) is 28.7 Å². The van der Waals surface area contributed by atoms with E-state index in [1.165, 1.54) is 5.56 Å². The van der Waals surface area contributed by atoms with Crippen LogP contribution in [0, 0.1) is 0 Å². The van der Waals surface area contributed by atoms with E-state index in [0.717, 1.165) is 25.1 Å². The second-order valence-corrected chi connectivity index (χ2v) is 4.31. The fourth-order valence-electron chi connectivity index (χ4n) is 1.94. The highest BCUT2D eigenvalue weighted by molar-refractivity contribution is 5.79. The minimum atomic E-state index is 0.106. The second kappa shape index (κ2) is 6.26. The van der Waals surface area contributed by atoms with Gasteiger partial charge in [-0.15, -0.1) is 0 Å². The number of nitrogens with zero attached hydrogens (tertiary/aromatic N) is 1. The Kier molecular flexibility index (Phi) is 4.41. The molecule has 2 rings (SSSR count). The van der Waals surface area contributed by atoms with Crippen molar-refractivity contribution in [2.75, 3.05) is 13.1 Å². The molecule has 1 aromatic carbocycles. The number of hydrazine groups is 1. The molecule has 5 heteroatoms. The number of nitrogens with one attached hydrogen (secondary N) is 2. The molecule has 0 amide bonds. The third-order valence-corrected chi connectivity index (χ3v) is 2.85. The van der Waals surface area contributed by atoms with Gasteiger partial charge in [-0.3, -0.25) is 5.43 Å². The lowest BCUT2D eigenvalue weighted by atomic mass is 10.1. The molecule has 0 saturated carbocycles. The smallest absolute Gasteiger partial charge is 0.205 e. The number of aliphatic imine (C=N–C) groups is 1. The molecule has 5 nitrogen and oxygen atoms in total. The lowest BCUT2D eigenvalue weighted by Crippen LogP contribution is -2.42. The minimum Gasteiger partial charge on any atom is -0.488 e. The Balaban J connectivity index is 1.87. The van der Waals surface area contributed by atoms with Gasteiger partial charge in [0.15, 0.2) is 0 Å². The van der Waals surface area contributed by atoms with Crippen LogP contribution in [0.25, 0.3) is 0 Å². The van der Waals surface area contributed by atoms with Crippen molar-refractivity contribution < 1.29 is 4.74 Å². The van der Waals surface area contributed by atoms with Crippen molar-refractivity contribution in [1.82, 2.24) is 10.7 Å². The fourth-order valence-corrected chi connectivity index (χ4v) is 1.94. The van der Waals surface area contributed by atoms with Crippen molar-refractivity contribution in [1.29, 1.82) is 0 Å². The topological polar surface area (TPSA) is 71.7 Å². The van der Waals surface area contributed by atoms with E-state index in [1.54, 1.807) is 0 Å². The summed E-state index contributed by atoms with van der Waals surface area (Å²) in [6.45, 7) is 3.55. The maximum atomic E-state index is 5.80. The molecule has 0 aliphatic carbocycles. The Bertz CT molecular complexity index is 394. The van der Waals surface area contributed by atoms with E-state index in [4.69, 9.17) is 10.6 Å². The van der Waals surface area contributed by atoms with E-state index in [-0.39, 0.29) is 6.10 Å². The van der Waals surface area contributed by atoms with Gasteiger partial charge in [0.2, 0.25) is 5.96 Å². The molecular formula is C13H20N4O. The summed E-state index contributed by atoms with van der Waals surface area (Å²) in [7, 11) is 0. The van der Waals surface area contributed by atoms with Gasteiger partial charge in [0.1, 0.15) is 11.9 Å². The number of nitrogens with two attached hydrogens (primary N) is 1. The number of rotatable bonds is 4. The fraction of sp³-hybridized carbons (Fsp3) is 0.462. The van der Waals surface area contributed by atoms with E-state index < -0.39 is 0 Å². The zero-order valence-electron chi connectivity index (χ0n) is 10.6. The normalized spacial score (nSPS) is 18.1. The van der Waals surface area contributed by atoms with Crippen LogP contribution in [0.2, 0.25) is 0 Å². The molecule has 4 N–H and O–H groups in total. The average molecular weight is 248 g/mol. The molecule has 1 unspecified atom stereocenters. The highest BCUT2D eigenvalue weighted by atomic mass is 16.5. The second-order valence-electron chi connectivity index (χ2n) is 4.31. The zero-order chi connectivity index (χ0) is 12.8. The first-order valence-corrected chi connectivity index (χ1v) is 6.33. The highest BCUT2D eigenvalue weighted by Gasteiger charge is 2.21. The maximum absolute atomic E-state index is 5.80. The Labute approximate surface area is 107 Å². The van der Waals surface area contributed by atoms with Gasteiger partial charge in [0.05, 0.1) is 6.54 Å². The van der Waals surface area contributed by atoms with Gasteiger partial charge < -0.3 is 10.1 Å². The third-order valence-electron chi connectivity index (χ3n) is 2.85. The van der Waals surface area contributed by atoms with Gasteiger partial charge in [-0.05, 0) is 18.1 Å². The molecule has 1 aliphatic heterocycles. The number of ether oxygens (including phenoxy) is 1. The molecule has 0 spiro atoms. The first-order valence-electron chi connectivity index (χ1n) is 6.33. The number of fused-ring (bicyclic) bond motifs is 1. The monoisotopic (exact) mass is 248 g/mol. The first kappa shape index (κ1) is 12.7. The van der Waals surface area contributed by atoms with Crippen LogP contribution in [0.15, 0.2) is 29.3 Å². The van der Waals surface area contributed by atoms with Gasteiger partial charge in [0, 0.05) is 13.0 Å². The molecular weight excluding hydrogens is 228 g/mol. The SMILES string of the molecule is CCCNC(=NCC1Cc2ccccc2O1)NN. The summed E-state index contributed by atoms with van der Waals surface area (Å²) in [4.78, 5) is 4.39. The lowest BCUT2D eigenvalue weighted by Gasteiger charge is -2.11. The van der Waals surface area contributed by atoms with Crippen LogP contribution in [-0.4, -0.2) is 25.2 Å². The number of guanidine groups is 1. The standard InChI is InChI=1S/C13H20N4O/c1-2-7-15-13(17-14)16-9-11-8-10-5-3-4-6-12(10)18-11/h3-6,11H,2,7-9,14H2,1H3,(H2,15,16,17). The number of para-hydroxylation sites is 1. The minimum absolute atomic E-state index is 0.106. The number of benzene rings is 1. The molecule has 1 aromatic rings. The lowest BCUT2D eigenvalue weighted by molar-refractivity contribution is 0.241. The van der Waals surface area contributed by atoms with Gasteiger partial charge in [-0.1, -0.05) is 25.1 Å². The molecule has 0 radical (unpaired) electrons. The molecule has 0 aromatic heterocycles. The van der Waals surface area contributed by atoms with Crippen molar-refractivity contribution in [3.8, 4) is 5.75 Å². The first-order chi connectivity index (χ1) is 8.83. The van der Waals surface area contributed by atoms with Gasteiger partial charge in [-0.25, -0.2) is 10.8 Å². The molecule has 98 valence electrons. The van der Waals surface area contributed by atoms with Crippen LogP contribution in [0.3, 0.4) is 0 Å². The van der Waals surface area contributed by atoms with Gasteiger partial charge in [-0.2, -0.15) is 0 Å². The van der Waals surface area contributed by atoms with Crippen molar-refractivity contribution in [3.63, 3.8) is 0 Å². The van der Waals surface area contributed by atoms with E-state index in [1.807, 2.05) is 18.2 Å². The third kappa shape index (κ3) is 3.13. The molecule has 1 heterocycles. The van der Waals surface area contributed by atoms with Crippen LogP contribution in [0.4, 0.5) is 0 Å². The number of hydrogen-bond acceptors (Lipinski definition) is 3. The van der Waals surface area contributed by atoms with Gasteiger partial charge in [0.25, 0.3) is 0 Å². The number of hydrogen-bond donors (Lipinski definition) is 3. The molecule has 1 aliphatic rings. The summed E-state index contributed by atoms with van der Waals surface area (Å²) in [5, 5.41) is 3.12. The summed E-state index contributed by atoms with van der Waals surface area (Å²) >= 11 is 0. The quantitative estimate of drug-likeness (QED) is 0.319. The maximum Gasteiger partial charge on any atom is 0.205 e. The summed E-state index contributed by atoms with van der Waals surface area (Å²) in [5.41, 5.74) is 3.82. The van der Waals surface area contributed by atoms with E-state index >= 15 is 0 Å². The van der Waals surface area contributed by atoms with Crippen LogP contribution >= 0.6 is 0 Å². The predicted molar refractivity (Wildman–Crippen MR) is 72.5 cm³/mol. The van der Waals surface area contributed by atoms with Crippen molar-refractivity contribution in [2.45, 2.75) is 25.9 Å². The van der Waals surface area contributed by atoms with Crippen molar-refractivity contribution >= 4 is 5.96 Å². The van der Waals surface area contributed by atoms with Crippen molar-refractivity contribution in [2.24, 2.45) is 10.8 Å². The molecule has 0 bridgehead atoms. The summed E-state index contributed by atoms with van der Waals surface area (Å²) < 4.78 is 5.80. The summed E-state index contributed by atoms with van der Waals surface area (Å²) in [5.74, 6) is 6.99.